The molecule has 0 radical (unpaired) electrons. The van der Waals surface area contributed by atoms with Gasteiger partial charge in [0.15, 0.2) is 0 Å². The topological polar surface area (TPSA) is 21.3 Å². The first-order chi connectivity index (χ1) is 9.90. The van der Waals surface area contributed by atoms with Gasteiger partial charge in [-0.05, 0) is 49.1 Å². The van der Waals surface area contributed by atoms with Crippen molar-refractivity contribution in [3.63, 3.8) is 0 Å². The molecule has 2 nitrogen and oxygen atoms in total. The fourth-order valence-corrected chi connectivity index (χ4v) is 2.63. The number of hydrogen-bond acceptors (Lipinski definition) is 2. The van der Waals surface area contributed by atoms with Crippen molar-refractivity contribution in [2.75, 3.05) is 13.2 Å². The highest BCUT2D eigenvalue weighted by Gasteiger charge is 2.14. The van der Waals surface area contributed by atoms with Gasteiger partial charge in [-0.2, -0.15) is 0 Å². The first-order valence-corrected chi connectivity index (χ1v) is 7.39. The summed E-state index contributed by atoms with van der Waals surface area (Å²) < 4.78 is 5.83. The van der Waals surface area contributed by atoms with Crippen molar-refractivity contribution in [1.29, 1.82) is 0 Å². The van der Waals surface area contributed by atoms with E-state index in [1.807, 2.05) is 0 Å². The van der Waals surface area contributed by atoms with E-state index in [4.69, 9.17) is 4.74 Å². The summed E-state index contributed by atoms with van der Waals surface area (Å²) in [6, 6.07) is 19.5. The third-order valence-electron chi connectivity index (χ3n) is 3.79. The van der Waals surface area contributed by atoms with Crippen molar-refractivity contribution in [2.45, 2.75) is 25.3 Å². The summed E-state index contributed by atoms with van der Waals surface area (Å²) in [7, 11) is 0. The molecule has 3 rings (SSSR count). The van der Waals surface area contributed by atoms with Crippen molar-refractivity contribution in [3.05, 3.63) is 65.7 Å². The Morgan fingerprint density at radius 3 is 2.33 bits per heavy atom. The van der Waals surface area contributed by atoms with Gasteiger partial charge in [-0.1, -0.05) is 42.5 Å². The van der Waals surface area contributed by atoms with Crippen molar-refractivity contribution in [2.24, 2.45) is 0 Å². The first kappa shape index (κ1) is 15.9. The summed E-state index contributed by atoms with van der Waals surface area (Å²) >= 11 is 0. The molecule has 2 aromatic carbocycles. The maximum atomic E-state index is 5.83. The molecule has 1 N–H and O–H groups in total. The van der Waals surface area contributed by atoms with Crippen LogP contribution in [0.25, 0.3) is 0 Å². The fraction of sp³-hybridized carbons (Fsp3) is 0.333. The molecule has 21 heavy (non-hydrogen) atoms. The maximum absolute atomic E-state index is 5.83. The zero-order valence-electron chi connectivity index (χ0n) is 12.1. The van der Waals surface area contributed by atoms with Gasteiger partial charge in [0, 0.05) is 6.04 Å². The lowest BCUT2D eigenvalue weighted by atomic mass is 10.1. The lowest BCUT2D eigenvalue weighted by molar-refractivity contribution is 0.277. The number of halogens is 1. The molecule has 1 saturated heterocycles. The zero-order chi connectivity index (χ0) is 13.6. The highest BCUT2D eigenvalue weighted by atomic mass is 35.5. The molecule has 0 unspecified atom stereocenters. The molecule has 1 aliphatic rings. The highest BCUT2D eigenvalue weighted by molar-refractivity contribution is 5.85. The van der Waals surface area contributed by atoms with Crippen LogP contribution in [-0.4, -0.2) is 19.2 Å². The van der Waals surface area contributed by atoms with Crippen LogP contribution < -0.4 is 10.1 Å². The maximum Gasteiger partial charge on any atom is 0.119 e. The average molecular weight is 304 g/mol. The van der Waals surface area contributed by atoms with Gasteiger partial charge in [0.05, 0.1) is 0 Å². The second-order valence-electron chi connectivity index (χ2n) is 5.41. The van der Waals surface area contributed by atoms with Gasteiger partial charge in [0.1, 0.15) is 12.4 Å². The Morgan fingerprint density at radius 1 is 0.952 bits per heavy atom. The van der Waals surface area contributed by atoms with Gasteiger partial charge in [-0.15, -0.1) is 12.4 Å². The molecule has 3 heteroatoms. The number of ether oxygens (including phenoxy) is 1. The van der Waals surface area contributed by atoms with E-state index in [9.17, 15) is 0 Å². The van der Waals surface area contributed by atoms with Gasteiger partial charge in [0.2, 0.25) is 0 Å². The normalized spacial score (nSPS) is 17.2. The molecular formula is C18H22ClNO. The summed E-state index contributed by atoms with van der Waals surface area (Å²) in [5.74, 6) is 0.968. The van der Waals surface area contributed by atoms with Crippen LogP contribution in [-0.2, 0) is 6.42 Å². The highest BCUT2D eigenvalue weighted by Crippen LogP contribution is 2.16. The molecule has 112 valence electrons. The molecule has 1 heterocycles. The second kappa shape index (κ2) is 8.06. The van der Waals surface area contributed by atoms with Gasteiger partial charge < -0.3 is 10.1 Å². The van der Waals surface area contributed by atoms with E-state index in [0.29, 0.717) is 6.04 Å². The quantitative estimate of drug-likeness (QED) is 0.906. The molecule has 0 aliphatic carbocycles. The van der Waals surface area contributed by atoms with Crippen LogP contribution >= 0.6 is 12.4 Å². The number of nitrogens with one attached hydrogen (secondary N) is 1. The summed E-state index contributed by atoms with van der Waals surface area (Å²) in [5, 5.41) is 3.45. The Balaban J connectivity index is 0.00000161. The zero-order valence-corrected chi connectivity index (χ0v) is 12.9. The van der Waals surface area contributed by atoms with Crippen molar-refractivity contribution in [3.8, 4) is 5.75 Å². The van der Waals surface area contributed by atoms with E-state index >= 15 is 0 Å². The predicted octanol–water partition coefficient (Wildman–Crippen LogP) is 3.83. The third kappa shape index (κ3) is 4.76. The van der Waals surface area contributed by atoms with Gasteiger partial charge in [-0.3, -0.25) is 0 Å². The predicted molar refractivity (Wildman–Crippen MR) is 89.5 cm³/mol. The van der Waals surface area contributed by atoms with Crippen LogP contribution in [0.2, 0.25) is 0 Å². The first-order valence-electron chi connectivity index (χ1n) is 7.39. The largest absolute Gasteiger partial charge is 0.492 e. The summed E-state index contributed by atoms with van der Waals surface area (Å²) in [6.45, 7) is 1.90. The van der Waals surface area contributed by atoms with Gasteiger partial charge in [-0.25, -0.2) is 0 Å². The summed E-state index contributed by atoms with van der Waals surface area (Å²) in [6.07, 6.45) is 3.47. The molecule has 1 fully saturated rings. The third-order valence-corrected chi connectivity index (χ3v) is 3.79. The van der Waals surface area contributed by atoms with E-state index in [2.05, 4.69) is 59.9 Å². The second-order valence-corrected chi connectivity index (χ2v) is 5.41. The monoisotopic (exact) mass is 303 g/mol. The van der Waals surface area contributed by atoms with Crippen LogP contribution in [0.4, 0.5) is 0 Å². The Hall–Kier alpha value is -1.51. The van der Waals surface area contributed by atoms with E-state index in [1.165, 1.54) is 24.0 Å². The van der Waals surface area contributed by atoms with Gasteiger partial charge >= 0.3 is 0 Å². The average Bonchev–Trinajstić information content (AvgIpc) is 3.01. The molecule has 1 aliphatic heterocycles. The summed E-state index contributed by atoms with van der Waals surface area (Å²) in [4.78, 5) is 0. The SMILES string of the molecule is Cl.c1ccc(Cc2ccc(OC[C@@H]3CCCN3)cc2)cc1. The van der Waals surface area contributed by atoms with Crippen molar-refractivity contribution < 1.29 is 4.74 Å². The molecular weight excluding hydrogens is 282 g/mol. The van der Waals surface area contributed by atoms with Crippen LogP contribution in [0.3, 0.4) is 0 Å². The Morgan fingerprint density at radius 2 is 1.67 bits per heavy atom. The standard InChI is InChI=1S/C18H21NO.ClH/c1-2-5-15(6-3-1)13-16-8-10-18(11-9-16)20-14-17-7-4-12-19-17;/h1-3,5-6,8-11,17,19H,4,7,12-14H2;1H/t17-;/m0./s1. The van der Waals surface area contributed by atoms with E-state index < -0.39 is 0 Å². The van der Waals surface area contributed by atoms with Gasteiger partial charge in [0.25, 0.3) is 0 Å². The number of rotatable bonds is 5. The lowest BCUT2D eigenvalue weighted by Gasteiger charge is -2.12. The minimum atomic E-state index is 0. The number of benzene rings is 2. The van der Waals surface area contributed by atoms with Crippen LogP contribution in [0.15, 0.2) is 54.6 Å². The molecule has 0 aromatic heterocycles. The smallest absolute Gasteiger partial charge is 0.119 e. The Labute approximate surface area is 132 Å². The molecule has 0 saturated carbocycles. The van der Waals surface area contributed by atoms with Crippen LogP contribution in [0.1, 0.15) is 24.0 Å². The molecule has 1 atom stereocenters. The molecule has 0 amide bonds. The van der Waals surface area contributed by atoms with Crippen LogP contribution in [0, 0.1) is 0 Å². The van der Waals surface area contributed by atoms with E-state index in [1.54, 1.807) is 0 Å². The summed E-state index contributed by atoms with van der Waals surface area (Å²) in [5.41, 5.74) is 2.67. The molecule has 0 bridgehead atoms. The molecule has 2 aromatic rings. The Kier molecular flexibility index (Phi) is 6.09. The molecule has 0 spiro atoms. The lowest BCUT2D eigenvalue weighted by Crippen LogP contribution is -2.28. The van der Waals surface area contributed by atoms with Crippen molar-refractivity contribution >= 4 is 12.4 Å². The van der Waals surface area contributed by atoms with E-state index in [-0.39, 0.29) is 12.4 Å². The number of hydrogen-bond donors (Lipinski definition) is 1. The van der Waals surface area contributed by atoms with Crippen LogP contribution in [0.5, 0.6) is 5.75 Å². The minimum Gasteiger partial charge on any atom is -0.492 e. The van der Waals surface area contributed by atoms with E-state index in [0.717, 1.165) is 25.3 Å². The fourth-order valence-electron chi connectivity index (χ4n) is 2.63. The van der Waals surface area contributed by atoms with Crippen molar-refractivity contribution in [1.82, 2.24) is 5.32 Å². The Bertz CT molecular complexity index is 521. The minimum absolute atomic E-state index is 0.